The molecular weight excluding hydrogens is 396 g/mol. The molecule has 0 aliphatic carbocycles. The van der Waals surface area contributed by atoms with Crippen LogP contribution in [-0.4, -0.2) is 46.7 Å². The molecule has 3 aliphatic heterocycles. The van der Waals surface area contributed by atoms with Gasteiger partial charge >= 0.3 is 0 Å². The summed E-state index contributed by atoms with van der Waals surface area (Å²) >= 11 is 0. The molecule has 3 aliphatic rings. The zero-order valence-corrected chi connectivity index (χ0v) is 17.0. The van der Waals surface area contributed by atoms with E-state index in [4.69, 9.17) is 9.26 Å². The van der Waals surface area contributed by atoms with Gasteiger partial charge in [0.1, 0.15) is 11.4 Å². The second-order valence-corrected chi connectivity index (χ2v) is 8.52. The monoisotopic (exact) mass is 418 g/mol. The van der Waals surface area contributed by atoms with Crippen LogP contribution in [0.1, 0.15) is 11.3 Å². The third kappa shape index (κ3) is 2.68. The average Bonchev–Trinajstić information content (AvgIpc) is 3.56. The Morgan fingerprint density at radius 2 is 2.26 bits per heavy atom. The molecule has 158 valence electrons. The lowest BCUT2D eigenvalue weighted by Crippen LogP contribution is -2.44. The van der Waals surface area contributed by atoms with Gasteiger partial charge in [-0.1, -0.05) is 35.5 Å². The van der Waals surface area contributed by atoms with Gasteiger partial charge in [-0.3, -0.25) is 14.5 Å². The zero-order valence-electron chi connectivity index (χ0n) is 17.0. The molecule has 3 aromatic rings. The Hall–Kier alpha value is -3.39. The number of hydrogen-bond donors (Lipinski definition) is 2. The molecule has 2 saturated heterocycles. The van der Waals surface area contributed by atoms with E-state index >= 15 is 0 Å². The fourth-order valence-corrected chi connectivity index (χ4v) is 5.25. The summed E-state index contributed by atoms with van der Waals surface area (Å²) in [5, 5.41) is 8.16. The molecule has 0 radical (unpaired) electrons. The molecule has 2 bridgehead atoms. The van der Waals surface area contributed by atoms with Gasteiger partial charge in [0.2, 0.25) is 11.8 Å². The Kier molecular flexibility index (Phi) is 3.89. The summed E-state index contributed by atoms with van der Waals surface area (Å²) in [5.74, 6) is -0.287. The van der Waals surface area contributed by atoms with Gasteiger partial charge in [-0.05, 0) is 25.0 Å². The first-order chi connectivity index (χ1) is 15.1. The van der Waals surface area contributed by atoms with Crippen molar-refractivity contribution in [3.8, 4) is 0 Å². The second kappa shape index (κ2) is 6.55. The number of aromatic amines is 1. The van der Waals surface area contributed by atoms with Crippen molar-refractivity contribution in [3.63, 3.8) is 0 Å². The molecule has 2 amide bonds. The van der Waals surface area contributed by atoms with Gasteiger partial charge in [-0.15, -0.1) is 0 Å². The summed E-state index contributed by atoms with van der Waals surface area (Å²) in [6.45, 7) is 2.62. The summed E-state index contributed by atoms with van der Waals surface area (Å²) in [5.41, 5.74) is 1.46. The van der Waals surface area contributed by atoms with Crippen LogP contribution in [0.25, 0.3) is 10.9 Å². The van der Waals surface area contributed by atoms with Crippen LogP contribution in [-0.2, 0) is 20.7 Å². The predicted octanol–water partition coefficient (Wildman–Crippen LogP) is 2.11. The molecule has 31 heavy (non-hydrogen) atoms. The Morgan fingerprint density at radius 1 is 1.39 bits per heavy atom. The van der Waals surface area contributed by atoms with E-state index in [0.717, 1.165) is 16.5 Å². The Bertz CT molecular complexity index is 1230. The number of ether oxygens (including phenoxy) is 1. The molecule has 1 spiro atoms. The zero-order chi connectivity index (χ0) is 21.2. The van der Waals surface area contributed by atoms with Crippen molar-refractivity contribution >= 4 is 28.5 Å². The third-order valence-electron chi connectivity index (χ3n) is 6.66. The number of hydrogen-bond acceptors (Lipinski definition) is 5. The summed E-state index contributed by atoms with van der Waals surface area (Å²) in [6, 6.07) is 9.82. The van der Waals surface area contributed by atoms with Crippen molar-refractivity contribution in [2.45, 2.75) is 25.0 Å². The molecular formula is C23H22N4O4. The van der Waals surface area contributed by atoms with E-state index < -0.39 is 17.4 Å². The number of benzene rings is 1. The lowest BCUT2D eigenvalue weighted by atomic mass is 9.77. The van der Waals surface area contributed by atoms with Crippen molar-refractivity contribution in [3.05, 3.63) is 60.0 Å². The van der Waals surface area contributed by atoms with Crippen molar-refractivity contribution < 1.29 is 18.8 Å². The minimum absolute atomic E-state index is 0.142. The smallest absolute Gasteiger partial charge is 0.235 e. The van der Waals surface area contributed by atoms with E-state index in [1.807, 2.05) is 36.5 Å². The lowest BCUT2D eigenvalue weighted by Gasteiger charge is -2.23. The molecule has 6 rings (SSSR count). The normalized spacial score (nSPS) is 28.6. The molecule has 2 unspecified atom stereocenters. The maximum Gasteiger partial charge on any atom is 0.235 e. The number of H-pyrrole nitrogens is 1. The van der Waals surface area contributed by atoms with Crippen molar-refractivity contribution in [2.24, 2.45) is 11.8 Å². The van der Waals surface area contributed by atoms with Crippen LogP contribution in [0.2, 0.25) is 0 Å². The van der Waals surface area contributed by atoms with Gasteiger partial charge in [0.25, 0.3) is 0 Å². The molecule has 8 nitrogen and oxygen atoms in total. The molecule has 1 aromatic carbocycles. The van der Waals surface area contributed by atoms with Gasteiger partial charge in [-0.25, -0.2) is 0 Å². The first-order valence-corrected chi connectivity index (χ1v) is 10.5. The molecule has 4 atom stereocenters. The first kappa shape index (κ1) is 18.4. The van der Waals surface area contributed by atoms with Crippen LogP contribution < -0.4 is 10.2 Å². The van der Waals surface area contributed by atoms with Crippen LogP contribution in [0.4, 0.5) is 5.82 Å². The highest BCUT2D eigenvalue weighted by atomic mass is 16.5. The molecule has 8 heteroatoms. The van der Waals surface area contributed by atoms with Crippen molar-refractivity contribution in [1.82, 2.24) is 15.5 Å². The maximum atomic E-state index is 13.2. The topological polar surface area (TPSA) is 100 Å². The van der Waals surface area contributed by atoms with Crippen LogP contribution >= 0.6 is 0 Å². The summed E-state index contributed by atoms with van der Waals surface area (Å²) in [4.78, 5) is 31.2. The van der Waals surface area contributed by atoms with Gasteiger partial charge in [0.15, 0.2) is 5.82 Å². The summed E-state index contributed by atoms with van der Waals surface area (Å²) in [6.07, 6.45) is 6.16. The molecule has 2 fully saturated rings. The lowest BCUT2D eigenvalue weighted by molar-refractivity contribution is -0.131. The molecule has 0 saturated carbocycles. The van der Waals surface area contributed by atoms with Crippen LogP contribution in [0.3, 0.4) is 0 Å². The van der Waals surface area contributed by atoms with Gasteiger partial charge < -0.3 is 19.6 Å². The number of aromatic nitrogens is 2. The number of para-hydroxylation sites is 1. The minimum Gasteiger partial charge on any atom is -0.361 e. The number of carbonyl (C=O) groups is 2. The number of rotatable bonds is 5. The molecule has 5 heterocycles. The van der Waals surface area contributed by atoms with E-state index in [2.05, 4.69) is 21.5 Å². The number of fused-ring (bicyclic) bond motifs is 2. The number of amides is 2. The number of nitrogens with zero attached hydrogens (tertiary/aromatic N) is 2. The SMILES string of the molecule is Cc1cc(N2C[C@]34C=C[C@H](O3)C(C(=O)NCCc3c[nH]c5ccccc35)C4C2=O)no1. The summed E-state index contributed by atoms with van der Waals surface area (Å²) in [7, 11) is 0. The fourth-order valence-electron chi connectivity index (χ4n) is 5.25. The van der Waals surface area contributed by atoms with E-state index in [0.29, 0.717) is 31.1 Å². The fraction of sp³-hybridized carbons (Fsp3) is 0.348. The second-order valence-electron chi connectivity index (χ2n) is 8.52. The van der Waals surface area contributed by atoms with Crippen molar-refractivity contribution in [1.29, 1.82) is 0 Å². The molecule has 2 aromatic heterocycles. The quantitative estimate of drug-likeness (QED) is 0.618. The number of carbonyl (C=O) groups excluding carboxylic acids is 2. The largest absolute Gasteiger partial charge is 0.361 e. The van der Waals surface area contributed by atoms with E-state index in [1.165, 1.54) is 0 Å². The Balaban J connectivity index is 1.18. The van der Waals surface area contributed by atoms with Crippen LogP contribution in [0.5, 0.6) is 0 Å². The van der Waals surface area contributed by atoms with Crippen molar-refractivity contribution in [2.75, 3.05) is 18.0 Å². The van der Waals surface area contributed by atoms with Gasteiger partial charge in [0, 0.05) is 29.7 Å². The highest BCUT2D eigenvalue weighted by Gasteiger charge is 2.67. The maximum absolute atomic E-state index is 13.2. The highest BCUT2D eigenvalue weighted by molar-refractivity contribution is 6.02. The van der Waals surface area contributed by atoms with E-state index in [1.54, 1.807) is 17.9 Å². The van der Waals surface area contributed by atoms with Crippen LogP contribution in [0, 0.1) is 18.8 Å². The number of anilines is 1. The summed E-state index contributed by atoms with van der Waals surface area (Å²) < 4.78 is 11.3. The van der Waals surface area contributed by atoms with Gasteiger partial charge in [0.05, 0.1) is 24.5 Å². The standard InChI is InChI=1S/C23H22N4O4/c1-13-10-18(26-31-13)27-12-23-8-6-17(30-23)19(20(23)22(27)29)21(28)24-9-7-14-11-25-16-5-3-2-4-15(14)16/h2-6,8,10-11,17,19-20,25H,7,9,12H2,1H3,(H,24,28)/t17-,19?,20?,23-/m0/s1. The number of nitrogens with one attached hydrogen (secondary N) is 2. The van der Waals surface area contributed by atoms with E-state index in [-0.39, 0.29) is 17.9 Å². The number of aryl methyl sites for hydroxylation is 1. The third-order valence-corrected chi connectivity index (χ3v) is 6.66. The predicted molar refractivity (Wildman–Crippen MR) is 112 cm³/mol. The minimum atomic E-state index is -0.770. The first-order valence-electron chi connectivity index (χ1n) is 10.5. The Morgan fingerprint density at radius 3 is 3.10 bits per heavy atom. The van der Waals surface area contributed by atoms with Gasteiger partial charge in [-0.2, -0.15) is 0 Å². The molecule has 2 N–H and O–H groups in total. The van der Waals surface area contributed by atoms with Crippen LogP contribution in [0.15, 0.2) is 53.2 Å². The van der Waals surface area contributed by atoms with E-state index in [9.17, 15) is 9.59 Å². The highest BCUT2D eigenvalue weighted by Crippen LogP contribution is 2.52. The Labute approximate surface area is 178 Å². The average molecular weight is 418 g/mol.